The van der Waals surface area contributed by atoms with Gasteiger partial charge in [0.15, 0.2) is 0 Å². The number of halogens is 5. The Morgan fingerprint density at radius 1 is 1.39 bits per heavy atom. The van der Waals surface area contributed by atoms with Crippen molar-refractivity contribution in [1.29, 1.82) is 0 Å². The molecule has 0 amide bonds. The quantitative estimate of drug-likeness (QED) is 0.758. The van der Waals surface area contributed by atoms with Crippen LogP contribution in [0.4, 0.5) is 13.2 Å². The Morgan fingerprint density at radius 2 is 2.06 bits per heavy atom. The molecule has 0 aliphatic heterocycles. The van der Waals surface area contributed by atoms with Crippen LogP contribution in [0.15, 0.2) is 18.2 Å². The van der Waals surface area contributed by atoms with Crippen LogP contribution in [0, 0.1) is 0 Å². The fourth-order valence-electron chi connectivity index (χ4n) is 1.34. The van der Waals surface area contributed by atoms with E-state index < -0.39 is 6.36 Å². The van der Waals surface area contributed by atoms with Crippen molar-refractivity contribution in [2.45, 2.75) is 18.7 Å². The first-order valence-corrected chi connectivity index (χ1v) is 6.52. The summed E-state index contributed by atoms with van der Waals surface area (Å²) in [5.74, 6) is -0.457. The standard InChI is InChI=1S/C11H9BrClF3O2/c12-5-9(17)4-8-3-7(6-13)1-2-10(8)18-11(14,15)16/h1-3H,4-6H2. The van der Waals surface area contributed by atoms with E-state index in [1.165, 1.54) is 18.2 Å². The number of ether oxygens (including phenoxy) is 1. The molecule has 0 heterocycles. The number of hydrogen-bond acceptors (Lipinski definition) is 2. The lowest BCUT2D eigenvalue weighted by Gasteiger charge is -2.13. The predicted octanol–water partition coefficient (Wildman–Crippen LogP) is 3.83. The molecule has 0 aliphatic carbocycles. The summed E-state index contributed by atoms with van der Waals surface area (Å²) in [7, 11) is 0. The van der Waals surface area contributed by atoms with Gasteiger partial charge in [-0.25, -0.2) is 0 Å². The number of alkyl halides is 5. The maximum atomic E-state index is 12.2. The van der Waals surface area contributed by atoms with Crippen molar-refractivity contribution in [3.05, 3.63) is 29.3 Å². The molecule has 100 valence electrons. The Hall–Kier alpha value is -0.750. The van der Waals surface area contributed by atoms with E-state index in [-0.39, 0.29) is 34.7 Å². The van der Waals surface area contributed by atoms with Gasteiger partial charge in [-0.15, -0.1) is 24.8 Å². The molecule has 7 heteroatoms. The summed E-state index contributed by atoms with van der Waals surface area (Å²) < 4.78 is 40.4. The molecule has 18 heavy (non-hydrogen) atoms. The van der Waals surface area contributed by atoms with E-state index >= 15 is 0 Å². The van der Waals surface area contributed by atoms with E-state index in [2.05, 4.69) is 20.7 Å². The summed E-state index contributed by atoms with van der Waals surface area (Å²) in [4.78, 5) is 11.3. The summed E-state index contributed by atoms with van der Waals surface area (Å²) in [5, 5.41) is 0.0730. The molecule has 0 aromatic heterocycles. The van der Waals surface area contributed by atoms with E-state index in [9.17, 15) is 18.0 Å². The van der Waals surface area contributed by atoms with Crippen LogP contribution in [0.1, 0.15) is 11.1 Å². The fourth-order valence-corrected chi connectivity index (χ4v) is 1.70. The van der Waals surface area contributed by atoms with Crippen molar-refractivity contribution in [3.63, 3.8) is 0 Å². The summed E-state index contributed by atoms with van der Waals surface area (Å²) in [6, 6.07) is 4.03. The third-order valence-corrected chi connectivity index (χ3v) is 2.98. The van der Waals surface area contributed by atoms with Crippen molar-refractivity contribution in [2.24, 2.45) is 0 Å². The monoisotopic (exact) mass is 344 g/mol. The third kappa shape index (κ3) is 4.86. The molecule has 0 aliphatic rings. The molecule has 1 aromatic rings. The number of benzene rings is 1. The largest absolute Gasteiger partial charge is 0.573 e. The van der Waals surface area contributed by atoms with Crippen LogP contribution in [-0.2, 0) is 17.1 Å². The predicted molar refractivity (Wildman–Crippen MR) is 65.2 cm³/mol. The van der Waals surface area contributed by atoms with Crippen molar-refractivity contribution >= 4 is 33.3 Å². The first-order chi connectivity index (χ1) is 8.35. The van der Waals surface area contributed by atoms with Gasteiger partial charge in [-0.2, -0.15) is 0 Å². The second-order valence-electron chi connectivity index (χ2n) is 3.47. The Balaban J connectivity index is 3.04. The van der Waals surface area contributed by atoms with Gasteiger partial charge in [0.25, 0.3) is 0 Å². The molecule has 2 nitrogen and oxygen atoms in total. The van der Waals surface area contributed by atoms with E-state index in [0.29, 0.717) is 5.56 Å². The van der Waals surface area contributed by atoms with Crippen molar-refractivity contribution in [3.8, 4) is 5.75 Å². The maximum Gasteiger partial charge on any atom is 0.573 e. The SMILES string of the molecule is O=C(CBr)Cc1cc(CCl)ccc1OC(F)(F)F. The molecule has 1 rings (SSSR count). The number of hydrogen-bond donors (Lipinski definition) is 0. The lowest BCUT2D eigenvalue weighted by molar-refractivity contribution is -0.274. The van der Waals surface area contributed by atoms with Crippen LogP contribution < -0.4 is 4.74 Å². The number of carbonyl (C=O) groups is 1. The molecule has 1 aromatic carbocycles. The van der Waals surface area contributed by atoms with Crippen LogP contribution in [0.3, 0.4) is 0 Å². The topological polar surface area (TPSA) is 26.3 Å². The summed E-state index contributed by atoms with van der Waals surface area (Å²) in [6.07, 6.45) is -4.92. The van der Waals surface area contributed by atoms with Crippen LogP contribution >= 0.6 is 27.5 Å². The molecular weight excluding hydrogens is 336 g/mol. The number of rotatable bonds is 5. The highest BCUT2D eigenvalue weighted by Gasteiger charge is 2.32. The number of carbonyl (C=O) groups excluding carboxylic acids is 1. The van der Waals surface area contributed by atoms with Crippen LogP contribution in [0.25, 0.3) is 0 Å². The highest BCUT2D eigenvalue weighted by Crippen LogP contribution is 2.28. The minimum atomic E-state index is -4.78. The first-order valence-electron chi connectivity index (χ1n) is 4.87. The molecule has 0 N–H and O–H groups in total. The summed E-state index contributed by atoms with van der Waals surface area (Å²) in [6.45, 7) is 0. The van der Waals surface area contributed by atoms with E-state index in [4.69, 9.17) is 11.6 Å². The van der Waals surface area contributed by atoms with Gasteiger partial charge >= 0.3 is 6.36 Å². The van der Waals surface area contributed by atoms with Gasteiger partial charge in [0.1, 0.15) is 11.5 Å². The third-order valence-electron chi connectivity index (χ3n) is 2.04. The Morgan fingerprint density at radius 3 is 2.56 bits per heavy atom. The van der Waals surface area contributed by atoms with Gasteiger partial charge in [0.2, 0.25) is 0 Å². The van der Waals surface area contributed by atoms with Crippen LogP contribution in [0.5, 0.6) is 5.75 Å². The molecule has 0 saturated carbocycles. The first kappa shape index (κ1) is 15.3. The van der Waals surface area contributed by atoms with Crippen molar-refractivity contribution < 1.29 is 22.7 Å². The van der Waals surface area contributed by atoms with Gasteiger partial charge < -0.3 is 4.74 Å². The van der Waals surface area contributed by atoms with E-state index in [1.807, 2.05) is 0 Å². The fraction of sp³-hybridized carbons (Fsp3) is 0.364. The lowest BCUT2D eigenvalue weighted by Crippen LogP contribution is -2.19. The average molecular weight is 346 g/mol. The van der Waals surface area contributed by atoms with Gasteiger partial charge in [-0.05, 0) is 11.6 Å². The number of ketones is 1. The molecule has 0 radical (unpaired) electrons. The summed E-state index contributed by atoms with van der Waals surface area (Å²) in [5.41, 5.74) is 0.804. The Kier molecular flexibility index (Phi) is 5.47. The van der Waals surface area contributed by atoms with Gasteiger partial charge in [0.05, 0.1) is 5.33 Å². The second-order valence-corrected chi connectivity index (χ2v) is 4.30. The van der Waals surface area contributed by atoms with Crippen molar-refractivity contribution in [2.75, 3.05) is 5.33 Å². The maximum absolute atomic E-state index is 12.2. The van der Waals surface area contributed by atoms with Gasteiger partial charge in [-0.1, -0.05) is 28.1 Å². The smallest absolute Gasteiger partial charge is 0.405 e. The molecule has 0 bridgehead atoms. The normalized spacial score (nSPS) is 11.4. The van der Waals surface area contributed by atoms with Crippen LogP contribution in [-0.4, -0.2) is 17.5 Å². The van der Waals surface area contributed by atoms with E-state index in [0.717, 1.165) is 0 Å². The molecule has 0 atom stereocenters. The zero-order valence-corrected chi connectivity index (χ0v) is 11.4. The molecule has 0 spiro atoms. The van der Waals surface area contributed by atoms with E-state index in [1.54, 1.807) is 0 Å². The minimum Gasteiger partial charge on any atom is -0.405 e. The molecule has 0 saturated heterocycles. The zero-order chi connectivity index (χ0) is 13.8. The molecule has 0 unspecified atom stereocenters. The highest BCUT2D eigenvalue weighted by molar-refractivity contribution is 9.09. The Labute approximate surface area is 115 Å². The van der Waals surface area contributed by atoms with Gasteiger partial charge in [0, 0.05) is 17.9 Å². The van der Waals surface area contributed by atoms with Crippen molar-refractivity contribution in [1.82, 2.24) is 0 Å². The van der Waals surface area contributed by atoms with Gasteiger partial charge in [-0.3, -0.25) is 4.79 Å². The molecule has 0 fully saturated rings. The van der Waals surface area contributed by atoms with Crippen LogP contribution in [0.2, 0.25) is 0 Å². The Bertz CT molecular complexity index is 435. The summed E-state index contributed by atoms with van der Waals surface area (Å²) >= 11 is 8.55. The second kappa shape index (κ2) is 6.43. The average Bonchev–Trinajstić information content (AvgIpc) is 2.29. The minimum absolute atomic E-state index is 0.0730. The molecular formula is C11H9BrClF3O2. The lowest BCUT2D eigenvalue weighted by atomic mass is 10.1. The highest BCUT2D eigenvalue weighted by atomic mass is 79.9. The zero-order valence-electron chi connectivity index (χ0n) is 9.06. The number of Topliss-reactive ketones (excluding diaryl/α,β-unsaturated/α-hetero) is 1.